The number of aliphatic hydroxyl groups excluding tert-OH is 2. The lowest BCUT2D eigenvalue weighted by Gasteiger charge is -2.14. The Balaban J connectivity index is 1.51. The second kappa shape index (κ2) is 11.1. The molecule has 1 aliphatic heterocycles. The van der Waals surface area contributed by atoms with Gasteiger partial charge in [0.15, 0.2) is 21.7 Å². The average molecular weight is 608 g/mol. The molecule has 2 aromatic carbocycles. The molecule has 5 rings (SSSR count). The van der Waals surface area contributed by atoms with E-state index in [0.717, 1.165) is 0 Å². The van der Waals surface area contributed by atoms with Crippen LogP contribution in [0.5, 0.6) is 5.88 Å². The van der Waals surface area contributed by atoms with E-state index >= 15 is 0 Å². The second-order valence-electron chi connectivity index (χ2n) is 9.38. The number of hydrogen-bond donors (Lipinski definition) is 5. The van der Waals surface area contributed by atoms with Crippen LogP contribution in [-0.2, 0) is 36.0 Å². The predicted octanol–water partition coefficient (Wildman–Crippen LogP) is -0.875. The summed E-state index contributed by atoms with van der Waals surface area (Å²) < 4.78 is 50.0. The molecule has 41 heavy (non-hydrogen) atoms. The van der Waals surface area contributed by atoms with Crippen molar-refractivity contribution in [2.75, 3.05) is 12.3 Å². The van der Waals surface area contributed by atoms with Gasteiger partial charge < -0.3 is 35.6 Å². The van der Waals surface area contributed by atoms with E-state index in [-0.39, 0.29) is 34.3 Å². The fourth-order valence-electron chi connectivity index (χ4n) is 4.66. The van der Waals surface area contributed by atoms with Gasteiger partial charge >= 0.3 is 13.5 Å². The van der Waals surface area contributed by atoms with Crippen molar-refractivity contribution in [3.05, 3.63) is 72.1 Å². The number of hydrogen-bond acceptors (Lipinski definition) is 11. The summed E-state index contributed by atoms with van der Waals surface area (Å²) in [6.07, 6.45) is -4.54. The average Bonchev–Trinajstić information content (AvgIpc) is 3.40. The number of aromatic nitrogens is 4. The summed E-state index contributed by atoms with van der Waals surface area (Å²) in [5.74, 6) is -1.43. The smallest absolute Gasteiger partial charge is 0.469 e. The number of benzene rings is 2. The molecule has 0 saturated carbocycles. The molecule has 4 atom stereocenters. The first-order valence-electron chi connectivity index (χ1n) is 12.1. The van der Waals surface area contributed by atoms with Crippen LogP contribution in [-0.4, -0.2) is 67.9 Å². The van der Waals surface area contributed by atoms with Crippen molar-refractivity contribution in [2.24, 2.45) is 0 Å². The van der Waals surface area contributed by atoms with Crippen LogP contribution in [0.4, 0.5) is 5.95 Å². The molecule has 0 amide bonds. The van der Waals surface area contributed by atoms with Gasteiger partial charge in [0.25, 0.3) is 5.95 Å². The molecule has 1 saturated heterocycles. The molecule has 1 fully saturated rings. The summed E-state index contributed by atoms with van der Waals surface area (Å²) >= 11 is 0. The third kappa shape index (κ3) is 6.10. The van der Waals surface area contributed by atoms with Gasteiger partial charge in [0, 0.05) is 5.88 Å². The van der Waals surface area contributed by atoms with Crippen molar-refractivity contribution >= 4 is 34.8 Å². The maximum Gasteiger partial charge on any atom is 0.469 e. The maximum absolute atomic E-state index is 13.1. The van der Waals surface area contributed by atoms with Gasteiger partial charge in [-0.05, 0) is 23.3 Å². The highest BCUT2D eigenvalue weighted by Crippen LogP contribution is 2.38. The Labute approximate surface area is 233 Å². The van der Waals surface area contributed by atoms with Crippen LogP contribution < -0.4 is 15.4 Å². The fourth-order valence-corrected chi connectivity index (χ4v) is 6.43. The van der Waals surface area contributed by atoms with Crippen molar-refractivity contribution in [1.82, 2.24) is 14.5 Å². The summed E-state index contributed by atoms with van der Waals surface area (Å²) in [4.78, 5) is 26.0. The monoisotopic (exact) mass is 607 g/mol. The van der Waals surface area contributed by atoms with Crippen LogP contribution in [0.15, 0.2) is 65.8 Å². The highest BCUT2D eigenvalue weighted by Gasteiger charge is 2.47. The second-order valence-corrected chi connectivity index (χ2v) is 12.6. The van der Waals surface area contributed by atoms with Crippen molar-refractivity contribution in [1.29, 1.82) is 0 Å². The Morgan fingerprint density at radius 1 is 1.05 bits per heavy atom. The van der Waals surface area contributed by atoms with Crippen LogP contribution in [0.1, 0.15) is 17.4 Å². The zero-order chi connectivity index (χ0) is 29.5. The zero-order valence-electron chi connectivity index (χ0n) is 21.2. The molecule has 15 nitrogen and oxygen atoms in total. The van der Waals surface area contributed by atoms with Crippen LogP contribution in [0.3, 0.4) is 0 Å². The third-order valence-electron chi connectivity index (χ3n) is 6.57. The lowest BCUT2D eigenvalue weighted by molar-refractivity contribution is -0.745. The van der Waals surface area contributed by atoms with Crippen molar-refractivity contribution in [2.45, 2.75) is 41.7 Å². The van der Waals surface area contributed by atoms with Gasteiger partial charge in [-0.3, -0.25) is 9.09 Å². The van der Waals surface area contributed by atoms with Crippen molar-refractivity contribution < 1.29 is 51.9 Å². The van der Waals surface area contributed by atoms with Gasteiger partial charge in [-0.25, -0.2) is 22.5 Å². The van der Waals surface area contributed by atoms with Gasteiger partial charge in [-0.2, -0.15) is 0 Å². The molecule has 218 valence electrons. The molecule has 2 aromatic heterocycles. The van der Waals surface area contributed by atoms with E-state index in [1.165, 1.54) is 27.6 Å². The number of nitrogen functional groups attached to an aromatic ring is 1. The lowest BCUT2D eigenvalue weighted by Crippen LogP contribution is -2.46. The molecule has 6 N–H and O–H groups in total. The topological polar surface area (TPSA) is 234 Å². The van der Waals surface area contributed by atoms with E-state index in [2.05, 4.69) is 14.5 Å². The van der Waals surface area contributed by atoms with E-state index in [1.54, 1.807) is 42.5 Å². The van der Waals surface area contributed by atoms with Crippen LogP contribution in [0.25, 0.3) is 11.2 Å². The molecular formula is C24H26N5O10PS. The van der Waals surface area contributed by atoms with E-state index < -0.39 is 54.7 Å². The number of phosphoric acid groups is 1. The molecule has 0 bridgehead atoms. The molecular weight excluding hydrogens is 581 g/mol. The SMILES string of the molecule is Nc1nc([O-])c2c(n1)[n+]([C@H]1O[C@@H](COP(=O)(O)O)[C@H](O)[C@@H]1O)cn2Cc1ccccc1CS(=O)(=O)c1ccccc1. The summed E-state index contributed by atoms with van der Waals surface area (Å²) in [7, 11) is -8.58. The van der Waals surface area contributed by atoms with Crippen LogP contribution >= 0.6 is 7.82 Å². The van der Waals surface area contributed by atoms with Gasteiger partial charge in [-0.15, -0.1) is 0 Å². The van der Waals surface area contributed by atoms with E-state index in [9.17, 15) is 28.3 Å². The number of ether oxygens (including phenoxy) is 1. The van der Waals surface area contributed by atoms with Crippen LogP contribution in [0, 0.1) is 0 Å². The summed E-state index contributed by atoms with van der Waals surface area (Å²) in [5.41, 5.74) is 6.67. The van der Waals surface area contributed by atoms with E-state index in [4.69, 9.17) is 20.3 Å². The quantitative estimate of drug-likeness (QED) is 0.115. The standard InChI is InChI=1S/C24H26N5O10PS/c25-24-26-21-18(22(32)27-24)28(13-29(21)23-20(31)19(30)17(39-23)11-38-40(33,34)35)10-14-6-4-5-7-15(14)12-41(36,37)16-8-2-1-3-9-16/h1-9,13,17,19-20,23,30-31H,10-12H2,(H4-,25,26,27,32,33,34,35)/t17-,19-,20-,23-/m0/s1. The molecule has 0 unspecified atom stereocenters. The van der Waals surface area contributed by atoms with Gasteiger partial charge in [0.1, 0.15) is 18.3 Å². The molecule has 0 radical (unpaired) electrons. The number of sulfone groups is 1. The number of aliphatic hydroxyl groups is 2. The van der Waals surface area contributed by atoms with E-state index in [1.807, 2.05) is 0 Å². The number of nitrogens with two attached hydrogens (primary N) is 1. The number of phosphoric ester groups is 1. The fraction of sp³-hybridized carbons (Fsp3) is 0.292. The van der Waals surface area contributed by atoms with Crippen molar-refractivity contribution in [3.63, 3.8) is 0 Å². The number of anilines is 1. The number of imidazole rings is 1. The molecule has 1 aliphatic rings. The number of fused-ring (bicyclic) bond motifs is 1. The van der Waals surface area contributed by atoms with E-state index in [0.29, 0.717) is 11.1 Å². The lowest BCUT2D eigenvalue weighted by atomic mass is 10.1. The van der Waals surface area contributed by atoms with Gasteiger partial charge in [-0.1, -0.05) is 47.4 Å². The minimum Gasteiger partial charge on any atom is -0.856 e. The normalized spacial score (nSPS) is 21.5. The Hall–Kier alpha value is -3.47. The Morgan fingerprint density at radius 2 is 1.71 bits per heavy atom. The first-order valence-corrected chi connectivity index (χ1v) is 15.3. The molecule has 0 spiro atoms. The van der Waals surface area contributed by atoms with Crippen molar-refractivity contribution in [3.8, 4) is 5.88 Å². The van der Waals surface area contributed by atoms with Crippen LogP contribution in [0.2, 0.25) is 0 Å². The minimum atomic E-state index is -4.89. The predicted molar refractivity (Wildman–Crippen MR) is 138 cm³/mol. The van der Waals surface area contributed by atoms with Gasteiger partial charge in [0.2, 0.25) is 6.23 Å². The Morgan fingerprint density at radius 3 is 2.39 bits per heavy atom. The first-order chi connectivity index (χ1) is 19.3. The van der Waals surface area contributed by atoms with Gasteiger partial charge in [0.05, 0.1) is 23.8 Å². The Kier molecular flexibility index (Phi) is 7.84. The highest BCUT2D eigenvalue weighted by atomic mass is 32.2. The zero-order valence-corrected chi connectivity index (χ0v) is 22.9. The first kappa shape index (κ1) is 29.0. The number of rotatable bonds is 9. The summed E-state index contributed by atoms with van der Waals surface area (Å²) in [6.45, 7) is -0.742. The molecule has 17 heteroatoms. The third-order valence-corrected chi connectivity index (χ3v) is 8.74. The molecule has 4 aromatic rings. The molecule has 0 aliphatic carbocycles. The molecule has 3 heterocycles. The number of nitrogens with zero attached hydrogens (tertiary/aromatic N) is 4. The summed E-state index contributed by atoms with van der Waals surface area (Å²) in [6, 6.07) is 14.8. The maximum atomic E-state index is 13.1. The minimum absolute atomic E-state index is 0.0113. The largest absolute Gasteiger partial charge is 0.856 e. The summed E-state index contributed by atoms with van der Waals surface area (Å²) in [5, 5.41) is 34.1. The Bertz CT molecular complexity index is 1730. The highest BCUT2D eigenvalue weighted by molar-refractivity contribution is 7.90.